The van der Waals surface area contributed by atoms with Gasteiger partial charge in [-0.3, -0.25) is 4.79 Å². The van der Waals surface area contributed by atoms with Crippen molar-refractivity contribution in [2.45, 2.75) is 90.2 Å². The molecule has 3 aliphatic heterocycles. The van der Waals surface area contributed by atoms with Gasteiger partial charge in [0.1, 0.15) is 24.0 Å². The number of rotatable bonds is 4. The Labute approximate surface area is 280 Å². The van der Waals surface area contributed by atoms with Gasteiger partial charge in [0.05, 0.1) is 17.8 Å². The van der Waals surface area contributed by atoms with E-state index in [0.29, 0.717) is 45.9 Å². The SMILES string of the molecule is CCOC(=O)[C@@H](OC(C)(C)C)c1c(C)nc2cc3nn2c1N1CCC(CC1)SCCCC/C=C/COc1cc(F)ccc1CNC3=O. The fraction of sp³-hybridized carbons (Fsp3) is 0.543. The molecule has 47 heavy (non-hydrogen) atoms. The maximum atomic E-state index is 14.1. The quantitative estimate of drug-likeness (QED) is 0.252. The number of allylic oxidation sites excluding steroid dienone is 1. The Hall–Kier alpha value is -3.64. The Morgan fingerprint density at radius 1 is 1.19 bits per heavy atom. The summed E-state index contributed by atoms with van der Waals surface area (Å²) >= 11 is 2.02. The maximum Gasteiger partial charge on any atom is 0.340 e. The highest BCUT2D eigenvalue weighted by Gasteiger charge is 2.36. The van der Waals surface area contributed by atoms with Crippen LogP contribution in [0.15, 0.2) is 36.4 Å². The van der Waals surface area contributed by atoms with Gasteiger partial charge >= 0.3 is 5.97 Å². The van der Waals surface area contributed by atoms with Gasteiger partial charge in [0, 0.05) is 48.3 Å². The molecule has 0 spiro atoms. The van der Waals surface area contributed by atoms with Gasteiger partial charge in [0.2, 0.25) is 0 Å². The zero-order valence-electron chi connectivity index (χ0n) is 28.0. The number of hydrogen-bond acceptors (Lipinski definition) is 9. The number of esters is 1. The summed E-state index contributed by atoms with van der Waals surface area (Å²) in [5.74, 6) is 0.822. The van der Waals surface area contributed by atoms with Crippen LogP contribution in [-0.2, 0) is 20.8 Å². The lowest BCUT2D eigenvalue weighted by Crippen LogP contribution is -2.39. The molecular weight excluding hydrogens is 621 g/mol. The molecule has 4 bridgehead atoms. The van der Waals surface area contributed by atoms with Crippen LogP contribution in [0.3, 0.4) is 0 Å². The molecular formula is C35H46FN5O5S. The molecule has 1 atom stereocenters. The van der Waals surface area contributed by atoms with E-state index in [1.807, 2.05) is 45.5 Å². The minimum Gasteiger partial charge on any atom is -0.489 e. The molecule has 10 nitrogen and oxygen atoms in total. The molecule has 254 valence electrons. The fourth-order valence-corrected chi connectivity index (χ4v) is 7.13. The Bertz CT molecular complexity index is 1600. The van der Waals surface area contributed by atoms with Crippen LogP contribution in [0.25, 0.3) is 5.65 Å². The van der Waals surface area contributed by atoms with Gasteiger partial charge in [-0.15, -0.1) is 0 Å². The number of nitrogens with zero attached hydrogens (tertiary/aromatic N) is 4. The molecule has 1 saturated heterocycles. The van der Waals surface area contributed by atoms with E-state index >= 15 is 0 Å². The molecule has 1 N–H and O–H groups in total. The second-order valence-electron chi connectivity index (χ2n) is 12.9. The van der Waals surface area contributed by atoms with Crippen LogP contribution < -0.4 is 15.0 Å². The molecule has 0 aliphatic carbocycles. The number of aryl methyl sites for hydroxylation is 1. The highest BCUT2D eigenvalue weighted by atomic mass is 32.2. The molecule has 0 saturated carbocycles. The molecule has 3 aromatic rings. The van der Waals surface area contributed by atoms with E-state index < -0.39 is 29.4 Å². The van der Waals surface area contributed by atoms with Crippen LogP contribution in [-0.4, -0.2) is 69.4 Å². The lowest BCUT2D eigenvalue weighted by atomic mass is 10.0. The second-order valence-corrected chi connectivity index (χ2v) is 14.3. The lowest BCUT2D eigenvalue weighted by Gasteiger charge is -2.36. The van der Waals surface area contributed by atoms with E-state index in [1.54, 1.807) is 23.6 Å². The first-order valence-electron chi connectivity index (χ1n) is 16.5. The zero-order valence-corrected chi connectivity index (χ0v) is 28.8. The van der Waals surface area contributed by atoms with Crippen molar-refractivity contribution in [2.24, 2.45) is 0 Å². The van der Waals surface area contributed by atoms with E-state index in [0.717, 1.165) is 50.9 Å². The van der Waals surface area contributed by atoms with E-state index in [2.05, 4.69) is 16.3 Å². The Kier molecular flexibility index (Phi) is 11.4. The van der Waals surface area contributed by atoms with Crippen molar-refractivity contribution in [3.63, 3.8) is 0 Å². The lowest BCUT2D eigenvalue weighted by molar-refractivity contribution is -0.166. The molecule has 12 heteroatoms. The standard InChI is InChI=1S/C35H46FN5O5S/c1-6-44-34(43)31(46-35(3,4)5)30-23(2)38-29-21-27-32(42)37-22-24-12-13-25(36)20-28(24)45-18-10-8-7-9-11-19-47-26-14-16-40(17-15-26)33(30)41(29)39-27/h8,10,12-13,20-21,26,31H,6-7,9,11,14-19,22H2,1-5H3,(H,37,42)/b10-8+/t31-/m0/s1. The number of nitrogens with one attached hydrogen (secondary N) is 1. The van der Waals surface area contributed by atoms with Crippen molar-refractivity contribution in [1.29, 1.82) is 0 Å². The van der Waals surface area contributed by atoms with E-state index in [-0.39, 0.29) is 18.8 Å². The van der Waals surface area contributed by atoms with Crippen molar-refractivity contribution >= 4 is 35.1 Å². The second kappa shape index (κ2) is 15.5. The smallest absolute Gasteiger partial charge is 0.340 e. The maximum absolute atomic E-state index is 14.1. The largest absolute Gasteiger partial charge is 0.489 e. The zero-order chi connectivity index (χ0) is 33.6. The van der Waals surface area contributed by atoms with Crippen molar-refractivity contribution < 1.29 is 28.2 Å². The number of thioether (sulfide) groups is 1. The van der Waals surface area contributed by atoms with Crippen LogP contribution in [0.2, 0.25) is 0 Å². The van der Waals surface area contributed by atoms with Crippen molar-refractivity contribution in [1.82, 2.24) is 19.9 Å². The summed E-state index contributed by atoms with van der Waals surface area (Å²) in [6.07, 6.45) is 8.14. The molecule has 0 radical (unpaired) electrons. The fourth-order valence-electron chi connectivity index (χ4n) is 5.88. The number of halogens is 1. The number of aromatic nitrogens is 3. The number of benzene rings is 1. The summed E-state index contributed by atoms with van der Waals surface area (Å²) in [5, 5.41) is 8.18. The predicted molar refractivity (Wildman–Crippen MR) is 182 cm³/mol. The van der Waals surface area contributed by atoms with Crippen molar-refractivity contribution in [2.75, 3.05) is 37.0 Å². The van der Waals surface area contributed by atoms with Gasteiger partial charge in [-0.1, -0.05) is 18.2 Å². The molecule has 5 heterocycles. The van der Waals surface area contributed by atoms with Gasteiger partial charge in [0.15, 0.2) is 17.4 Å². The van der Waals surface area contributed by atoms with Crippen LogP contribution in [0, 0.1) is 12.7 Å². The predicted octanol–water partition coefficient (Wildman–Crippen LogP) is 6.35. The van der Waals surface area contributed by atoms with Gasteiger partial charge < -0.3 is 24.4 Å². The summed E-state index contributed by atoms with van der Waals surface area (Å²) in [5.41, 5.74) is 1.83. The monoisotopic (exact) mass is 667 g/mol. The summed E-state index contributed by atoms with van der Waals surface area (Å²) in [4.78, 5) is 34.0. The third-order valence-corrected chi connectivity index (χ3v) is 9.57. The van der Waals surface area contributed by atoms with E-state index in [1.165, 1.54) is 12.1 Å². The number of hydrogen-bond donors (Lipinski definition) is 1. The van der Waals surface area contributed by atoms with Gasteiger partial charge in [-0.05, 0) is 78.5 Å². The highest BCUT2D eigenvalue weighted by molar-refractivity contribution is 7.99. The topological polar surface area (TPSA) is 107 Å². The minimum atomic E-state index is -1.04. The van der Waals surface area contributed by atoms with Gasteiger partial charge in [0.25, 0.3) is 5.91 Å². The number of carbonyl (C=O) groups excluding carboxylic acids is 2. The number of piperidine rings is 1. The van der Waals surface area contributed by atoms with E-state index in [4.69, 9.17) is 24.3 Å². The Balaban J connectivity index is 1.56. The Morgan fingerprint density at radius 2 is 1.98 bits per heavy atom. The number of ether oxygens (including phenoxy) is 3. The normalized spacial score (nSPS) is 18.5. The molecule has 2 aromatic heterocycles. The molecule has 1 aromatic carbocycles. The third-order valence-electron chi connectivity index (χ3n) is 8.10. The summed E-state index contributed by atoms with van der Waals surface area (Å²) < 4.78 is 33.5. The van der Waals surface area contributed by atoms with Crippen molar-refractivity contribution in [3.8, 4) is 5.75 Å². The summed E-state index contributed by atoms with van der Waals surface area (Å²) in [6.45, 7) is 11.5. The molecule has 6 rings (SSSR count). The molecule has 1 amide bonds. The number of carbonyl (C=O) groups is 2. The van der Waals surface area contributed by atoms with Crippen LogP contribution >= 0.6 is 11.8 Å². The third kappa shape index (κ3) is 8.84. The Morgan fingerprint density at radius 3 is 2.72 bits per heavy atom. The first kappa shape index (κ1) is 34.7. The van der Waals surface area contributed by atoms with Crippen LogP contribution in [0.5, 0.6) is 5.75 Å². The van der Waals surface area contributed by atoms with E-state index in [9.17, 15) is 14.0 Å². The molecule has 0 unspecified atom stereocenters. The number of amides is 1. The van der Waals surface area contributed by atoms with Crippen LogP contribution in [0.4, 0.5) is 10.2 Å². The van der Waals surface area contributed by atoms with Crippen molar-refractivity contribution in [3.05, 3.63) is 64.7 Å². The highest BCUT2D eigenvalue weighted by Crippen LogP contribution is 2.37. The molecule has 1 fully saturated rings. The first-order valence-corrected chi connectivity index (χ1v) is 17.5. The minimum absolute atomic E-state index is 0.117. The summed E-state index contributed by atoms with van der Waals surface area (Å²) in [6, 6.07) is 5.93. The number of anilines is 1. The first-order chi connectivity index (χ1) is 22.5. The average molecular weight is 668 g/mol. The number of fused-ring (bicyclic) bond motifs is 11. The van der Waals surface area contributed by atoms with Crippen LogP contribution in [0.1, 0.15) is 93.2 Å². The van der Waals surface area contributed by atoms with Gasteiger partial charge in [-0.2, -0.15) is 21.4 Å². The van der Waals surface area contributed by atoms with Gasteiger partial charge in [-0.25, -0.2) is 14.2 Å². The average Bonchev–Trinajstić information content (AvgIpc) is 3.45. The molecule has 3 aliphatic rings. The summed E-state index contributed by atoms with van der Waals surface area (Å²) in [7, 11) is 0.